The molecule has 0 aliphatic rings. The Morgan fingerprint density at radius 2 is 2.22 bits per heavy atom. The number of anilines is 1. The van der Waals surface area contributed by atoms with Gasteiger partial charge in [0.25, 0.3) is 0 Å². The van der Waals surface area contributed by atoms with Crippen LogP contribution in [0.15, 0.2) is 40.6 Å². The van der Waals surface area contributed by atoms with Crippen LogP contribution in [0.2, 0.25) is 0 Å². The van der Waals surface area contributed by atoms with Crippen molar-refractivity contribution in [2.24, 2.45) is 5.73 Å². The van der Waals surface area contributed by atoms with Crippen LogP contribution in [0.5, 0.6) is 0 Å². The lowest BCUT2D eigenvalue weighted by molar-refractivity contribution is 1.18. The highest BCUT2D eigenvalue weighted by Crippen LogP contribution is 2.27. The number of nitrogens with two attached hydrogens (primary N) is 1. The van der Waals surface area contributed by atoms with Crippen molar-refractivity contribution >= 4 is 46.0 Å². The Labute approximate surface area is 121 Å². The molecule has 5 heteroatoms. The van der Waals surface area contributed by atoms with Gasteiger partial charge in [0.1, 0.15) is 4.99 Å². The lowest BCUT2D eigenvalue weighted by atomic mass is 10.1. The fourth-order valence-electron chi connectivity index (χ4n) is 1.70. The van der Waals surface area contributed by atoms with Crippen LogP contribution < -0.4 is 11.1 Å². The molecule has 0 bridgehead atoms. The molecule has 1 aromatic carbocycles. The maximum Gasteiger partial charge on any atom is 0.107 e. The Balaban J connectivity index is 2.24. The molecule has 0 aliphatic heterocycles. The van der Waals surface area contributed by atoms with E-state index in [0.717, 1.165) is 22.7 Å². The second-order valence-electron chi connectivity index (χ2n) is 3.68. The van der Waals surface area contributed by atoms with Gasteiger partial charge in [0.2, 0.25) is 0 Å². The zero-order chi connectivity index (χ0) is 13.0. The van der Waals surface area contributed by atoms with Crippen molar-refractivity contribution in [2.75, 3.05) is 11.6 Å². The number of nitrogens with one attached hydrogen (secondary N) is 1. The van der Waals surface area contributed by atoms with Crippen LogP contribution in [0.3, 0.4) is 0 Å². The Morgan fingerprint density at radius 1 is 1.39 bits per heavy atom. The zero-order valence-electron chi connectivity index (χ0n) is 9.97. The summed E-state index contributed by atoms with van der Waals surface area (Å²) in [7, 11) is 0. The highest BCUT2D eigenvalue weighted by molar-refractivity contribution is 7.98. The van der Waals surface area contributed by atoms with Crippen molar-refractivity contribution in [3.63, 3.8) is 0 Å². The molecule has 1 heterocycles. The predicted molar refractivity (Wildman–Crippen MR) is 85.8 cm³/mol. The minimum absolute atomic E-state index is 0.439. The van der Waals surface area contributed by atoms with E-state index >= 15 is 0 Å². The molecule has 3 N–H and O–H groups in total. The highest BCUT2D eigenvalue weighted by atomic mass is 32.2. The quantitative estimate of drug-likeness (QED) is 0.651. The smallest absolute Gasteiger partial charge is 0.107 e. The maximum absolute atomic E-state index is 5.82. The molecule has 1 aromatic heterocycles. The molecule has 18 heavy (non-hydrogen) atoms. The lowest BCUT2D eigenvalue weighted by Crippen LogP contribution is -2.14. The summed E-state index contributed by atoms with van der Waals surface area (Å²) >= 11 is 8.54. The lowest BCUT2D eigenvalue weighted by Gasteiger charge is -2.13. The standard InChI is InChI=1S/C13H14N2S3/c1-17-11-6-2-5-10(12(11)13(14)16)15-8-9-4-3-7-18-9/h2-7,15H,8H2,1H3,(H2,14,16). The maximum atomic E-state index is 5.82. The first-order valence-corrected chi connectivity index (χ1v) is 7.96. The van der Waals surface area contributed by atoms with Crippen molar-refractivity contribution in [1.82, 2.24) is 0 Å². The number of thiophene rings is 1. The van der Waals surface area contributed by atoms with E-state index < -0.39 is 0 Å². The summed E-state index contributed by atoms with van der Waals surface area (Å²) < 4.78 is 0. The van der Waals surface area contributed by atoms with Crippen LogP contribution in [0, 0.1) is 0 Å². The molecular weight excluding hydrogens is 280 g/mol. The van der Waals surface area contributed by atoms with E-state index in [2.05, 4.69) is 22.8 Å². The average molecular weight is 294 g/mol. The van der Waals surface area contributed by atoms with E-state index in [9.17, 15) is 0 Å². The van der Waals surface area contributed by atoms with E-state index in [-0.39, 0.29) is 0 Å². The van der Waals surface area contributed by atoms with Crippen LogP contribution in [0.1, 0.15) is 10.4 Å². The van der Waals surface area contributed by atoms with Gasteiger partial charge in [0.05, 0.1) is 0 Å². The molecule has 94 valence electrons. The average Bonchev–Trinajstić information content (AvgIpc) is 2.88. The molecule has 0 aliphatic carbocycles. The normalized spacial score (nSPS) is 10.3. The summed E-state index contributed by atoms with van der Waals surface area (Å²) in [6.07, 6.45) is 2.03. The fraction of sp³-hybridized carbons (Fsp3) is 0.154. The minimum atomic E-state index is 0.439. The third kappa shape index (κ3) is 3.04. The summed E-state index contributed by atoms with van der Waals surface area (Å²) in [5, 5.41) is 5.47. The number of hydrogen-bond donors (Lipinski definition) is 2. The second kappa shape index (κ2) is 6.22. The number of benzene rings is 1. The zero-order valence-corrected chi connectivity index (χ0v) is 12.4. The Morgan fingerprint density at radius 3 is 2.83 bits per heavy atom. The van der Waals surface area contributed by atoms with Crippen LogP contribution in [0.25, 0.3) is 0 Å². The van der Waals surface area contributed by atoms with Crippen LogP contribution in [-0.2, 0) is 6.54 Å². The number of hydrogen-bond acceptors (Lipinski definition) is 4. The summed E-state index contributed by atoms with van der Waals surface area (Å²) in [5.74, 6) is 0. The summed E-state index contributed by atoms with van der Waals surface area (Å²) in [6, 6.07) is 10.2. The van der Waals surface area contributed by atoms with Gasteiger partial charge in [0, 0.05) is 27.6 Å². The van der Waals surface area contributed by atoms with Crippen molar-refractivity contribution < 1.29 is 0 Å². The molecule has 2 nitrogen and oxygen atoms in total. The molecule has 0 unspecified atom stereocenters. The molecule has 0 saturated carbocycles. The van der Waals surface area contributed by atoms with Crippen LogP contribution >= 0.6 is 35.3 Å². The predicted octanol–water partition coefficient (Wildman–Crippen LogP) is 3.72. The van der Waals surface area contributed by atoms with Crippen LogP contribution in [0.4, 0.5) is 5.69 Å². The third-order valence-corrected chi connectivity index (χ3v) is 4.39. The van der Waals surface area contributed by atoms with E-state index in [1.54, 1.807) is 23.1 Å². The van der Waals surface area contributed by atoms with Gasteiger partial charge in [-0.2, -0.15) is 0 Å². The van der Waals surface area contributed by atoms with Gasteiger partial charge in [0.15, 0.2) is 0 Å². The summed E-state index contributed by atoms with van der Waals surface area (Å²) in [6.45, 7) is 0.797. The molecular formula is C13H14N2S3. The van der Waals surface area contributed by atoms with Crippen molar-refractivity contribution in [2.45, 2.75) is 11.4 Å². The highest BCUT2D eigenvalue weighted by Gasteiger charge is 2.10. The first-order chi connectivity index (χ1) is 8.72. The van der Waals surface area contributed by atoms with Crippen molar-refractivity contribution in [3.05, 3.63) is 46.2 Å². The summed E-state index contributed by atoms with van der Waals surface area (Å²) in [5.41, 5.74) is 7.76. The number of thiocarbonyl (C=S) groups is 1. The van der Waals surface area contributed by atoms with Gasteiger partial charge < -0.3 is 11.1 Å². The van der Waals surface area contributed by atoms with E-state index in [0.29, 0.717) is 4.99 Å². The molecule has 0 spiro atoms. The van der Waals surface area contributed by atoms with E-state index in [4.69, 9.17) is 18.0 Å². The SMILES string of the molecule is CSc1cccc(NCc2cccs2)c1C(N)=S. The molecule has 0 amide bonds. The van der Waals surface area contributed by atoms with E-state index in [1.807, 2.05) is 24.5 Å². The van der Waals surface area contributed by atoms with Gasteiger partial charge in [-0.15, -0.1) is 23.1 Å². The van der Waals surface area contributed by atoms with Crippen molar-refractivity contribution in [3.8, 4) is 0 Å². The third-order valence-electron chi connectivity index (χ3n) is 2.53. The molecule has 2 rings (SSSR count). The molecule has 0 saturated heterocycles. The van der Waals surface area contributed by atoms with Gasteiger partial charge in [-0.25, -0.2) is 0 Å². The molecule has 0 fully saturated rings. The summed E-state index contributed by atoms with van der Waals surface area (Å²) in [4.78, 5) is 2.84. The number of thioether (sulfide) groups is 1. The Bertz CT molecular complexity index is 535. The second-order valence-corrected chi connectivity index (χ2v) is 6.00. The fourth-order valence-corrected chi connectivity index (χ4v) is 3.27. The van der Waals surface area contributed by atoms with Gasteiger partial charge in [-0.05, 0) is 29.8 Å². The first kappa shape index (κ1) is 13.4. The largest absolute Gasteiger partial charge is 0.389 e. The Hall–Kier alpha value is -1.04. The monoisotopic (exact) mass is 294 g/mol. The Kier molecular flexibility index (Phi) is 4.63. The van der Waals surface area contributed by atoms with Gasteiger partial charge in [-0.3, -0.25) is 0 Å². The minimum Gasteiger partial charge on any atom is -0.389 e. The molecule has 2 aromatic rings. The molecule has 0 atom stereocenters. The number of rotatable bonds is 5. The molecule has 0 radical (unpaired) electrons. The van der Waals surface area contributed by atoms with Gasteiger partial charge >= 0.3 is 0 Å². The van der Waals surface area contributed by atoms with Crippen LogP contribution in [-0.4, -0.2) is 11.2 Å². The van der Waals surface area contributed by atoms with E-state index in [1.165, 1.54) is 4.88 Å². The van der Waals surface area contributed by atoms with Crippen molar-refractivity contribution in [1.29, 1.82) is 0 Å². The van der Waals surface area contributed by atoms with Gasteiger partial charge in [-0.1, -0.05) is 24.4 Å². The first-order valence-electron chi connectivity index (χ1n) is 5.45. The topological polar surface area (TPSA) is 38.0 Å².